The molecule has 1 saturated heterocycles. The van der Waals surface area contributed by atoms with Crippen molar-refractivity contribution in [3.05, 3.63) is 80.6 Å². The minimum absolute atomic E-state index is 0.0245. The maximum Gasteiger partial charge on any atom is 0.339 e. The van der Waals surface area contributed by atoms with Crippen LogP contribution in [0.1, 0.15) is 12.5 Å². The van der Waals surface area contributed by atoms with Crippen molar-refractivity contribution in [1.82, 2.24) is 4.90 Å². The smallest absolute Gasteiger partial charge is 0.339 e. The molecule has 1 fully saturated rings. The first kappa shape index (κ1) is 30.4. The Balaban J connectivity index is 1.49. The summed E-state index contributed by atoms with van der Waals surface area (Å²) < 4.78 is 42.4. The zero-order chi connectivity index (χ0) is 29.7. The van der Waals surface area contributed by atoms with E-state index < -0.39 is 21.3 Å². The van der Waals surface area contributed by atoms with Crippen LogP contribution in [0, 0.1) is 0 Å². The number of benzene rings is 3. The van der Waals surface area contributed by atoms with Crippen LogP contribution in [0.3, 0.4) is 0 Å². The zero-order valence-electron chi connectivity index (χ0n) is 21.6. The molecule has 3 aromatic carbocycles. The number of thioether (sulfide) groups is 1. The van der Waals surface area contributed by atoms with Gasteiger partial charge in [0.25, 0.3) is 11.1 Å². The first-order valence-electron chi connectivity index (χ1n) is 11.8. The number of methoxy groups -OCH3 is 1. The molecule has 1 heterocycles. The molecule has 3 amide bonds. The topological polar surface area (TPSA) is 128 Å². The Morgan fingerprint density at radius 2 is 1.80 bits per heavy atom. The fourth-order valence-corrected chi connectivity index (χ4v) is 6.28. The van der Waals surface area contributed by atoms with E-state index >= 15 is 0 Å². The molecule has 14 heteroatoms. The van der Waals surface area contributed by atoms with Crippen LogP contribution in [-0.4, -0.2) is 50.6 Å². The molecule has 1 N–H and O–H groups in total. The van der Waals surface area contributed by atoms with E-state index in [1.165, 1.54) is 56.5 Å². The summed E-state index contributed by atoms with van der Waals surface area (Å²) in [6.45, 7) is 1.42. The van der Waals surface area contributed by atoms with Crippen molar-refractivity contribution in [3.63, 3.8) is 0 Å². The Kier molecular flexibility index (Phi) is 9.64. The van der Waals surface area contributed by atoms with Gasteiger partial charge in [-0.2, -0.15) is 8.42 Å². The normalized spacial score (nSPS) is 14.3. The Hall–Kier alpha value is -3.52. The number of nitrogens with one attached hydrogen (secondary N) is 1. The molecule has 0 radical (unpaired) electrons. The zero-order valence-corrected chi connectivity index (χ0v) is 25.5. The van der Waals surface area contributed by atoms with E-state index in [1.807, 2.05) is 0 Å². The van der Waals surface area contributed by atoms with E-state index in [9.17, 15) is 22.8 Å². The predicted molar refractivity (Wildman–Crippen MR) is 159 cm³/mol. The third kappa shape index (κ3) is 7.41. The second-order valence-corrected chi connectivity index (χ2v) is 12.2. The van der Waals surface area contributed by atoms with E-state index in [2.05, 4.69) is 21.2 Å². The first-order chi connectivity index (χ1) is 19.5. The molecule has 214 valence electrons. The number of anilines is 1. The van der Waals surface area contributed by atoms with E-state index in [0.29, 0.717) is 22.0 Å². The van der Waals surface area contributed by atoms with Crippen LogP contribution in [0.25, 0.3) is 6.08 Å². The van der Waals surface area contributed by atoms with Crippen LogP contribution in [0.15, 0.2) is 74.9 Å². The lowest BCUT2D eigenvalue weighted by molar-refractivity contribution is -0.123. The van der Waals surface area contributed by atoms with Gasteiger partial charge in [0.05, 0.1) is 28.1 Å². The van der Waals surface area contributed by atoms with Crippen molar-refractivity contribution in [1.29, 1.82) is 0 Å². The highest BCUT2D eigenvalue weighted by molar-refractivity contribution is 9.10. The van der Waals surface area contributed by atoms with E-state index in [0.717, 1.165) is 16.7 Å². The highest BCUT2D eigenvalue weighted by Crippen LogP contribution is 2.40. The first-order valence-corrected chi connectivity index (χ1v) is 15.2. The highest BCUT2D eigenvalue weighted by Gasteiger charge is 2.35. The third-order valence-electron chi connectivity index (χ3n) is 5.49. The molecule has 0 bridgehead atoms. The molecule has 1 aliphatic heterocycles. The van der Waals surface area contributed by atoms with E-state index in [4.69, 9.17) is 25.3 Å². The molecule has 0 aliphatic carbocycles. The second-order valence-electron chi connectivity index (χ2n) is 8.39. The Bertz CT molecular complexity index is 1650. The number of hydrogen-bond acceptors (Lipinski definition) is 9. The number of rotatable bonds is 10. The summed E-state index contributed by atoms with van der Waals surface area (Å²) in [5.74, 6) is -0.391. The van der Waals surface area contributed by atoms with Gasteiger partial charge in [0.1, 0.15) is 17.3 Å². The van der Waals surface area contributed by atoms with Crippen LogP contribution in [0.2, 0.25) is 5.02 Å². The molecule has 10 nitrogen and oxygen atoms in total. The van der Waals surface area contributed by atoms with Crippen LogP contribution < -0.4 is 19.0 Å². The Morgan fingerprint density at radius 3 is 2.46 bits per heavy atom. The van der Waals surface area contributed by atoms with E-state index in [1.54, 1.807) is 24.3 Å². The molecular formula is C27H22BrClN2O8S2. The molecule has 41 heavy (non-hydrogen) atoms. The van der Waals surface area contributed by atoms with Gasteiger partial charge in [0.15, 0.2) is 11.5 Å². The fourth-order valence-electron chi connectivity index (χ4n) is 3.62. The van der Waals surface area contributed by atoms with Crippen molar-refractivity contribution >= 4 is 78.2 Å². The lowest BCUT2D eigenvalue weighted by Gasteiger charge is -2.14. The number of ether oxygens (including phenoxy) is 2. The predicted octanol–water partition coefficient (Wildman–Crippen LogP) is 5.95. The van der Waals surface area contributed by atoms with Gasteiger partial charge < -0.3 is 19.0 Å². The highest BCUT2D eigenvalue weighted by atomic mass is 79.9. The summed E-state index contributed by atoms with van der Waals surface area (Å²) >= 11 is 10.2. The van der Waals surface area contributed by atoms with Gasteiger partial charge >= 0.3 is 10.1 Å². The van der Waals surface area contributed by atoms with Crippen LogP contribution in [0.4, 0.5) is 10.5 Å². The number of carbonyl (C=O) groups excluding carboxylic acids is 3. The number of carbonyl (C=O) groups is 3. The maximum atomic E-state index is 12.9. The molecule has 0 spiro atoms. The fraction of sp³-hybridized carbons (Fsp3) is 0.148. The Labute approximate surface area is 253 Å². The van der Waals surface area contributed by atoms with Gasteiger partial charge in [-0.1, -0.05) is 23.7 Å². The molecule has 1 aliphatic rings. The molecule has 4 rings (SSSR count). The van der Waals surface area contributed by atoms with Gasteiger partial charge in [0.2, 0.25) is 5.91 Å². The minimum atomic E-state index is -4.27. The lowest BCUT2D eigenvalue weighted by Crippen LogP contribution is -2.32. The molecule has 0 atom stereocenters. The number of amides is 3. The van der Waals surface area contributed by atoms with Gasteiger partial charge in [-0.25, -0.2) is 0 Å². The number of halogens is 2. The quantitative estimate of drug-likeness (QED) is 0.204. The van der Waals surface area contributed by atoms with Gasteiger partial charge in [-0.05, 0) is 87.9 Å². The average molecular weight is 682 g/mol. The molecule has 0 unspecified atom stereocenters. The molecule has 3 aromatic rings. The van der Waals surface area contributed by atoms with Gasteiger partial charge in [0, 0.05) is 12.6 Å². The molecular weight excluding hydrogens is 660 g/mol. The number of para-hydroxylation sites is 1. The largest absolute Gasteiger partial charge is 0.493 e. The standard InChI is InChI=1S/C27H22BrClN2O8S2/c1-16(32)30-18-7-9-19(10-8-18)41(35,36)39-25-20(28)13-17(14-23(25)37-2)15-24-26(33)31(27(34)40-24)11-12-38-22-6-4-3-5-21(22)29/h3-10,13-15H,11-12H2,1-2H3,(H,30,32)/b24-15-. The number of hydrogen-bond donors (Lipinski definition) is 1. The summed E-state index contributed by atoms with van der Waals surface area (Å²) in [7, 11) is -2.94. The molecule has 0 saturated carbocycles. The van der Waals surface area contributed by atoms with E-state index in [-0.39, 0.29) is 44.8 Å². The SMILES string of the molecule is COc1cc(/C=C2\SC(=O)N(CCOc3ccccc3Cl)C2=O)cc(Br)c1OS(=O)(=O)c1ccc(NC(C)=O)cc1. The molecule has 0 aromatic heterocycles. The second kappa shape index (κ2) is 13.0. The van der Waals surface area contributed by atoms with Gasteiger partial charge in [-0.3, -0.25) is 19.3 Å². The number of nitrogens with zero attached hydrogens (tertiary/aromatic N) is 1. The summed E-state index contributed by atoms with van der Waals surface area (Å²) in [4.78, 5) is 37.7. The summed E-state index contributed by atoms with van der Waals surface area (Å²) in [6, 6.07) is 15.3. The van der Waals surface area contributed by atoms with Crippen LogP contribution >= 0.6 is 39.3 Å². The van der Waals surface area contributed by atoms with Crippen molar-refractivity contribution in [2.24, 2.45) is 0 Å². The average Bonchev–Trinajstić information content (AvgIpc) is 3.18. The van der Waals surface area contributed by atoms with Crippen molar-refractivity contribution in [2.45, 2.75) is 11.8 Å². The van der Waals surface area contributed by atoms with Crippen LogP contribution in [0.5, 0.6) is 17.2 Å². The lowest BCUT2D eigenvalue weighted by atomic mass is 10.2. The summed E-state index contributed by atoms with van der Waals surface area (Å²) in [5, 5.41) is 2.52. The van der Waals surface area contributed by atoms with Gasteiger partial charge in [-0.15, -0.1) is 0 Å². The van der Waals surface area contributed by atoms with Crippen molar-refractivity contribution < 1.29 is 36.5 Å². The van der Waals surface area contributed by atoms with Crippen LogP contribution in [-0.2, 0) is 19.7 Å². The summed E-state index contributed by atoms with van der Waals surface area (Å²) in [5.41, 5.74) is 0.882. The summed E-state index contributed by atoms with van der Waals surface area (Å²) in [6.07, 6.45) is 1.49. The number of imide groups is 1. The maximum absolute atomic E-state index is 12.9. The third-order valence-corrected chi connectivity index (χ3v) is 8.53. The van der Waals surface area contributed by atoms with Crippen molar-refractivity contribution in [2.75, 3.05) is 25.6 Å². The van der Waals surface area contributed by atoms with Crippen molar-refractivity contribution in [3.8, 4) is 17.2 Å². The monoisotopic (exact) mass is 680 g/mol. The Morgan fingerprint density at radius 1 is 1.10 bits per heavy atom. The minimum Gasteiger partial charge on any atom is -0.493 e.